The number of nitrogens with one attached hydrogen (secondary N) is 1. The number of nitrogens with two attached hydrogens (primary N) is 1. The molecule has 3 nitrogen and oxygen atoms in total. The van der Waals surface area contributed by atoms with Gasteiger partial charge in [0.1, 0.15) is 0 Å². The van der Waals surface area contributed by atoms with Crippen molar-refractivity contribution in [2.75, 3.05) is 0 Å². The standard InChI is InChI=1S/C11H20N2OS/c1-4-7(5-9(12)15)13-10(14)8-6-11(8,2)3/h7-8H,4-6H2,1-3H3,(H2,12,15)(H,13,14). The smallest absolute Gasteiger partial charge is 0.223 e. The Labute approximate surface area is 96.8 Å². The quantitative estimate of drug-likeness (QED) is 0.703. The van der Waals surface area contributed by atoms with Gasteiger partial charge >= 0.3 is 0 Å². The molecule has 0 heterocycles. The first-order valence-electron chi connectivity index (χ1n) is 5.45. The van der Waals surface area contributed by atoms with Crippen LogP contribution in [-0.2, 0) is 4.79 Å². The number of amides is 1. The third kappa shape index (κ3) is 3.45. The first-order valence-corrected chi connectivity index (χ1v) is 5.86. The SMILES string of the molecule is CCC(CC(N)=S)NC(=O)C1CC1(C)C. The number of carbonyl (C=O) groups is 1. The second kappa shape index (κ2) is 4.47. The lowest BCUT2D eigenvalue weighted by atomic mass is 10.1. The molecule has 0 aromatic heterocycles. The van der Waals surface area contributed by atoms with Crippen molar-refractivity contribution < 1.29 is 4.79 Å². The molecule has 0 aromatic rings. The molecule has 0 aliphatic heterocycles. The molecule has 15 heavy (non-hydrogen) atoms. The molecule has 86 valence electrons. The number of hydrogen-bond acceptors (Lipinski definition) is 2. The van der Waals surface area contributed by atoms with E-state index in [9.17, 15) is 4.79 Å². The van der Waals surface area contributed by atoms with E-state index >= 15 is 0 Å². The van der Waals surface area contributed by atoms with Gasteiger partial charge in [-0.1, -0.05) is 33.0 Å². The second-order valence-corrected chi connectivity index (χ2v) is 5.55. The molecule has 1 rings (SSSR count). The normalized spacial score (nSPS) is 24.3. The Morgan fingerprint density at radius 3 is 2.53 bits per heavy atom. The van der Waals surface area contributed by atoms with Crippen LogP contribution in [0.1, 0.15) is 40.0 Å². The Morgan fingerprint density at radius 2 is 2.20 bits per heavy atom. The summed E-state index contributed by atoms with van der Waals surface area (Å²) in [5.74, 6) is 0.334. The number of hydrogen-bond donors (Lipinski definition) is 2. The van der Waals surface area contributed by atoms with E-state index in [1.54, 1.807) is 0 Å². The highest BCUT2D eigenvalue weighted by Crippen LogP contribution is 2.51. The van der Waals surface area contributed by atoms with Crippen LogP contribution in [0.15, 0.2) is 0 Å². The maximum atomic E-state index is 11.8. The van der Waals surface area contributed by atoms with Crippen LogP contribution in [0.3, 0.4) is 0 Å². The van der Waals surface area contributed by atoms with Crippen LogP contribution in [0, 0.1) is 11.3 Å². The maximum Gasteiger partial charge on any atom is 0.223 e. The predicted octanol–water partition coefficient (Wildman–Crippen LogP) is 1.60. The van der Waals surface area contributed by atoms with Crippen molar-refractivity contribution in [1.82, 2.24) is 5.32 Å². The lowest BCUT2D eigenvalue weighted by Crippen LogP contribution is -2.38. The Morgan fingerprint density at radius 1 is 1.67 bits per heavy atom. The minimum Gasteiger partial charge on any atom is -0.393 e. The van der Waals surface area contributed by atoms with E-state index in [1.807, 2.05) is 6.92 Å². The molecule has 2 atom stereocenters. The van der Waals surface area contributed by atoms with E-state index < -0.39 is 0 Å². The average Bonchev–Trinajstić information content (AvgIpc) is 2.73. The highest BCUT2D eigenvalue weighted by molar-refractivity contribution is 7.80. The molecule has 0 bridgehead atoms. The molecule has 1 amide bonds. The molecule has 0 radical (unpaired) electrons. The molecule has 0 saturated heterocycles. The lowest BCUT2D eigenvalue weighted by Gasteiger charge is -2.16. The number of thiocarbonyl (C=S) groups is 1. The lowest BCUT2D eigenvalue weighted by molar-refractivity contribution is -0.123. The van der Waals surface area contributed by atoms with Gasteiger partial charge in [0.2, 0.25) is 5.91 Å². The van der Waals surface area contributed by atoms with Crippen LogP contribution in [0.25, 0.3) is 0 Å². The van der Waals surface area contributed by atoms with Gasteiger partial charge in [-0.05, 0) is 18.3 Å². The molecular formula is C11H20N2OS. The van der Waals surface area contributed by atoms with Crippen LogP contribution < -0.4 is 11.1 Å². The summed E-state index contributed by atoms with van der Waals surface area (Å²) in [5, 5.41) is 3.01. The zero-order chi connectivity index (χ0) is 11.6. The van der Waals surface area contributed by atoms with Crippen LogP contribution in [0.4, 0.5) is 0 Å². The summed E-state index contributed by atoms with van der Waals surface area (Å²) in [6, 6.07) is 0.103. The molecular weight excluding hydrogens is 208 g/mol. The van der Waals surface area contributed by atoms with Crippen LogP contribution in [0.2, 0.25) is 0 Å². The van der Waals surface area contributed by atoms with Gasteiger partial charge < -0.3 is 11.1 Å². The maximum absolute atomic E-state index is 11.8. The van der Waals surface area contributed by atoms with Crippen LogP contribution in [0.5, 0.6) is 0 Å². The van der Waals surface area contributed by atoms with Gasteiger partial charge in [-0.2, -0.15) is 0 Å². The molecule has 0 spiro atoms. The third-order valence-electron chi connectivity index (χ3n) is 3.12. The first kappa shape index (κ1) is 12.4. The molecule has 2 unspecified atom stereocenters. The Kier molecular flexibility index (Phi) is 3.71. The fraction of sp³-hybridized carbons (Fsp3) is 0.818. The van der Waals surface area contributed by atoms with Gasteiger partial charge in [0.15, 0.2) is 0 Å². The van der Waals surface area contributed by atoms with E-state index in [1.165, 1.54) is 0 Å². The van der Waals surface area contributed by atoms with Gasteiger partial charge in [-0.3, -0.25) is 4.79 Å². The molecule has 4 heteroatoms. The van der Waals surface area contributed by atoms with Gasteiger partial charge in [0, 0.05) is 18.4 Å². The Hall–Kier alpha value is -0.640. The molecule has 0 aromatic carbocycles. The van der Waals surface area contributed by atoms with Crippen molar-refractivity contribution in [3.05, 3.63) is 0 Å². The Bertz CT molecular complexity index is 276. The summed E-state index contributed by atoms with van der Waals surface area (Å²) >= 11 is 4.84. The Balaban J connectivity index is 2.39. The van der Waals surface area contributed by atoms with Gasteiger partial charge in [-0.25, -0.2) is 0 Å². The van der Waals surface area contributed by atoms with E-state index in [-0.39, 0.29) is 23.3 Å². The van der Waals surface area contributed by atoms with Crippen molar-refractivity contribution >= 4 is 23.1 Å². The van der Waals surface area contributed by atoms with Crippen LogP contribution in [-0.4, -0.2) is 16.9 Å². The zero-order valence-corrected chi connectivity index (χ0v) is 10.5. The summed E-state index contributed by atoms with van der Waals surface area (Å²) in [6.45, 7) is 6.26. The monoisotopic (exact) mass is 228 g/mol. The minimum absolute atomic E-state index is 0.103. The molecule has 1 aliphatic rings. The van der Waals surface area contributed by atoms with Crippen LogP contribution >= 0.6 is 12.2 Å². The highest BCUT2D eigenvalue weighted by atomic mass is 32.1. The first-order chi connectivity index (χ1) is 6.86. The van der Waals surface area contributed by atoms with E-state index in [2.05, 4.69) is 19.2 Å². The largest absolute Gasteiger partial charge is 0.393 e. The van der Waals surface area contributed by atoms with E-state index in [0.29, 0.717) is 11.4 Å². The highest BCUT2D eigenvalue weighted by Gasteiger charge is 2.50. The summed E-state index contributed by atoms with van der Waals surface area (Å²) in [5.41, 5.74) is 5.66. The van der Waals surface area contributed by atoms with Gasteiger partial charge in [0.05, 0.1) is 4.99 Å². The number of rotatable bonds is 5. The fourth-order valence-corrected chi connectivity index (χ4v) is 1.96. The molecule has 1 saturated carbocycles. The molecule has 1 fully saturated rings. The summed E-state index contributed by atoms with van der Waals surface area (Å²) < 4.78 is 0. The summed E-state index contributed by atoms with van der Waals surface area (Å²) in [4.78, 5) is 12.2. The van der Waals surface area contributed by atoms with E-state index in [0.717, 1.165) is 12.8 Å². The van der Waals surface area contributed by atoms with Crippen molar-refractivity contribution in [3.63, 3.8) is 0 Å². The fourth-order valence-electron chi connectivity index (χ4n) is 1.76. The second-order valence-electron chi connectivity index (χ2n) is 5.03. The summed E-state index contributed by atoms with van der Waals surface area (Å²) in [7, 11) is 0. The predicted molar refractivity (Wildman–Crippen MR) is 65.5 cm³/mol. The zero-order valence-electron chi connectivity index (χ0n) is 9.67. The summed E-state index contributed by atoms with van der Waals surface area (Å²) in [6.07, 6.45) is 2.46. The van der Waals surface area contributed by atoms with Crippen molar-refractivity contribution in [1.29, 1.82) is 0 Å². The third-order valence-corrected chi connectivity index (χ3v) is 3.28. The average molecular weight is 228 g/mol. The van der Waals surface area contributed by atoms with Crippen molar-refractivity contribution in [2.45, 2.75) is 46.1 Å². The molecule has 1 aliphatic carbocycles. The topological polar surface area (TPSA) is 55.1 Å². The van der Waals surface area contributed by atoms with Crippen molar-refractivity contribution in [3.8, 4) is 0 Å². The minimum atomic E-state index is 0.103. The number of carbonyl (C=O) groups excluding carboxylic acids is 1. The van der Waals surface area contributed by atoms with Gasteiger partial charge in [-0.15, -0.1) is 0 Å². The van der Waals surface area contributed by atoms with Gasteiger partial charge in [0.25, 0.3) is 0 Å². The van der Waals surface area contributed by atoms with E-state index in [4.69, 9.17) is 18.0 Å². The molecule has 3 N–H and O–H groups in total. The van der Waals surface area contributed by atoms with Crippen molar-refractivity contribution in [2.24, 2.45) is 17.1 Å².